The van der Waals surface area contributed by atoms with Gasteiger partial charge in [0, 0.05) is 13.5 Å². The van der Waals surface area contributed by atoms with Gasteiger partial charge in [0.2, 0.25) is 5.91 Å². The summed E-state index contributed by atoms with van der Waals surface area (Å²) in [6, 6.07) is 3.70. The van der Waals surface area contributed by atoms with Gasteiger partial charge in [0.1, 0.15) is 5.76 Å². The Labute approximate surface area is 117 Å². The Balaban J connectivity index is 2.20. The lowest BCUT2D eigenvalue weighted by molar-refractivity contribution is -0.130. The molecule has 0 spiro atoms. The first-order valence-corrected chi connectivity index (χ1v) is 7.11. The maximum Gasteiger partial charge on any atom is 0.222 e. The van der Waals surface area contributed by atoms with Crippen LogP contribution >= 0.6 is 15.9 Å². The first kappa shape index (κ1) is 15.2. The third-order valence-electron chi connectivity index (χ3n) is 2.79. The molecule has 4 nitrogen and oxygen atoms in total. The fourth-order valence-corrected chi connectivity index (χ4v) is 2.06. The molecule has 1 rings (SSSR count). The van der Waals surface area contributed by atoms with Crippen LogP contribution in [0.25, 0.3) is 0 Å². The lowest BCUT2D eigenvalue weighted by Crippen LogP contribution is -2.25. The number of nitrogens with zero attached hydrogens (tertiary/aromatic N) is 1. The van der Waals surface area contributed by atoms with Gasteiger partial charge in [-0.2, -0.15) is 0 Å². The van der Waals surface area contributed by atoms with Crippen molar-refractivity contribution in [3.05, 3.63) is 22.6 Å². The lowest BCUT2D eigenvalue weighted by atomic mass is 10.1. The number of halogens is 1. The monoisotopic (exact) mass is 316 g/mol. The van der Waals surface area contributed by atoms with Gasteiger partial charge in [-0.3, -0.25) is 4.79 Å². The van der Waals surface area contributed by atoms with E-state index in [1.165, 1.54) is 0 Å². The zero-order valence-corrected chi connectivity index (χ0v) is 12.4. The number of nitrogens with two attached hydrogens (primary N) is 1. The molecule has 0 bridgehead atoms. The zero-order chi connectivity index (χ0) is 13.4. The van der Waals surface area contributed by atoms with E-state index in [4.69, 9.17) is 10.2 Å². The van der Waals surface area contributed by atoms with Crippen molar-refractivity contribution >= 4 is 21.8 Å². The fraction of sp³-hybridized carbons (Fsp3) is 0.615. The van der Waals surface area contributed by atoms with Crippen LogP contribution in [0, 0.1) is 0 Å². The molecule has 0 fully saturated rings. The van der Waals surface area contributed by atoms with Gasteiger partial charge in [-0.15, -0.1) is 0 Å². The van der Waals surface area contributed by atoms with Crippen LogP contribution in [0.3, 0.4) is 0 Å². The average Bonchev–Trinajstić information content (AvgIpc) is 2.74. The van der Waals surface area contributed by atoms with Crippen LogP contribution in [0.2, 0.25) is 0 Å². The Bertz CT molecular complexity index is 366. The number of furan rings is 1. The van der Waals surface area contributed by atoms with Crippen molar-refractivity contribution in [3.8, 4) is 0 Å². The molecule has 0 radical (unpaired) electrons. The number of carbonyl (C=O) groups excluding carboxylic acids is 1. The van der Waals surface area contributed by atoms with E-state index in [-0.39, 0.29) is 5.91 Å². The molecule has 0 atom stereocenters. The standard InChI is InChI=1S/C13H21BrN2O2/c1-16(10-11-7-8-12(14)18-11)13(17)6-4-2-3-5-9-15/h7-8H,2-6,9-10,15H2,1H3. The third kappa shape index (κ3) is 5.69. The van der Waals surface area contributed by atoms with Gasteiger partial charge >= 0.3 is 0 Å². The molecule has 18 heavy (non-hydrogen) atoms. The second-order valence-corrected chi connectivity index (χ2v) is 5.19. The first-order chi connectivity index (χ1) is 8.63. The predicted molar refractivity (Wildman–Crippen MR) is 75.0 cm³/mol. The molecule has 0 saturated heterocycles. The third-order valence-corrected chi connectivity index (χ3v) is 3.22. The van der Waals surface area contributed by atoms with E-state index in [9.17, 15) is 4.79 Å². The summed E-state index contributed by atoms with van der Waals surface area (Å²) in [7, 11) is 1.80. The summed E-state index contributed by atoms with van der Waals surface area (Å²) in [5.74, 6) is 0.955. The van der Waals surface area contributed by atoms with E-state index in [0.717, 1.165) is 38.0 Å². The van der Waals surface area contributed by atoms with Crippen molar-refractivity contribution in [3.63, 3.8) is 0 Å². The van der Waals surface area contributed by atoms with E-state index in [1.807, 2.05) is 12.1 Å². The van der Waals surface area contributed by atoms with Crippen LogP contribution in [-0.2, 0) is 11.3 Å². The number of carbonyl (C=O) groups is 1. The number of rotatable bonds is 8. The smallest absolute Gasteiger partial charge is 0.222 e. The Morgan fingerprint density at radius 1 is 1.33 bits per heavy atom. The maximum absolute atomic E-state index is 11.8. The van der Waals surface area contributed by atoms with Crippen molar-refractivity contribution in [2.45, 2.75) is 38.6 Å². The molecule has 1 aromatic rings. The van der Waals surface area contributed by atoms with Gasteiger partial charge in [0.05, 0.1) is 6.54 Å². The summed E-state index contributed by atoms with van der Waals surface area (Å²) in [4.78, 5) is 13.5. The lowest BCUT2D eigenvalue weighted by Gasteiger charge is -2.15. The molecular formula is C13H21BrN2O2. The highest BCUT2D eigenvalue weighted by molar-refractivity contribution is 9.10. The molecular weight excluding hydrogens is 296 g/mol. The Morgan fingerprint density at radius 2 is 2.06 bits per heavy atom. The summed E-state index contributed by atoms with van der Waals surface area (Å²) < 4.78 is 6.07. The Hall–Kier alpha value is -0.810. The summed E-state index contributed by atoms with van der Waals surface area (Å²) >= 11 is 3.24. The topological polar surface area (TPSA) is 59.5 Å². The van der Waals surface area contributed by atoms with Crippen LogP contribution in [0.5, 0.6) is 0 Å². The highest BCUT2D eigenvalue weighted by Gasteiger charge is 2.10. The molecule has 0 aliphatic carbocycles. The molecule has 1 amide bonds. The van der Waals surface area contributed by atoms with Crippen molar-refractivity contribution in [2.24, 2.45) is 5.73 Å². The summed E-state index contributed by atoms with van der Waals surface area (Å²) in [5.41, 5.74) is 5.42. The van der Waals surface area contributed by atoms with Crippen LogP contribution in [-0.4, -0.2) is 24.4 Å². The van der Waals surface area contributed by atoms with E-state index in [1.54, 1.807) is 11.9 Å². The molecule has 0 aliphatic heterocycles. The predicted octanol–water partition coefficient (Wildman–Crippen LogP) is 2.91. The average molecular weight is 317 g/mol. The molecule has 2 N–H and O–H groups in total. The van der Waals surface area contributed by atoms with Crippen molar-refractivity contribution in [1.82, 2.24) is 4.90 Å². The minimum Gasteiger partial charge on any atom is -0.452 e. The highest BCUT2D eigenvalue weighted by Crippen LogP contribution is 2.15. The molecule has 0 aliphatic rings. The second kappa shape index (κ2) is 8.32. The fourth-order valence-electron chi connectivity index (χ4n) is 1.72. The molecule has 1 aromatic heterocycles. The normalized spacial score (nSPS) is 10.6. The maximum atomic E-state index is 11.8. The Kier molecular flexibility index (Phi) is 7.05. The quantitative estimate of drug-likeness (QED) is 0.750. The van der Waals surface area contributed by atoms with Crippen LogP contribution in [0.1, 0.15) is 37.9 Å². The first-order valence-electron chi connectivity index (χ1n) is 6.31. The van der Waals surface area contributed by atoms with Gasteiger partial charge in [-0.25, -0.2) is 0 Å². The molecule has 5 heteroatoms. The Morgan fingerprint density at radius 3 is 2.67 bits per heavy atom. The van der Waals surface area contributed by atoms with Crippen LogP contribution < -0.4 is 5.73 Å². The van der Waals surface area contributed by atoms with E-state index in [0.29, 0.717) is 17.6 Å². The molecule has 0 aromatic carbocycles. The minimum atomic E-state index is 0.162. The summed E-state index contributed by atoms with van der Waals surface area (Å²) in [5, 5.41) is 0. The van der Waals surface area contributed by atoms with Crippen LogP contribution in [0.15, 0.2) is 21.2 Å². The number of amides is 1. The number of unbranched alkanes of at least 4 members (excludes halogenated alkanes) is 3. The molecule has 0 saturated carbocycles. The van der Waals surface area contributed by atoms with E-state index in [2.05, 4.69) is 15.9 Å². The number of hydrogen-bond donors (Lipinski definition) is 1. The molecule has 102 valence electrons. The highest BCUT2D eigenvalue weighted by atomic mass is 79.9. The van der Waals surface area contributed by atoms with Crippen molar-refractivity contribution < 1.29 is 9.21 Å². The summed E-state index contributed by atoms with van der Waals surface area (Å²) in [6.45, 7) is 1.26. The van der Waals surface area contributed by atoms with Crippen LogP contribution in [0.4, 0.5) is 0 Å². The van der Waals surface area contributed by atoms with E-state index < -0.39 is 0 Å². The van der Waals surface area contributed by atoms with Gasteiger partial charge in [-0.1, -0.05) is 12.8 Å². The van der Waals surface area contributed by atoms with Crippen molar-refractivity contribution in [2.75, 3.05) is 13.6 Å². The molecule has 1 heterocycles. The van der Waals surface area contributed by atoms with Crippen molar-refractivity contribution in [1.29, 1.82) is 0 Å². The SMILES string of the molecule is CN(Cc1ccc(Br)o1)C(=O)CCCCCCN. The molecule has 0 unspecified atom stereocenters. The van der Waals surface area contributed by atoms with Gasteiger partial charge in [0.15, 0.2) is 4.67 Å². The van der Waals surface area contributed by atoms with Gasteiger partial charge in [-0.05, 0) is 47.4 Å². The van der Waals surface area contributed by atoms with Gasteiger partial charge in [0.25, 0.3) is 0 Å². The minimum absolute atomic E-state index is 0.162. The summed E-state index contributed by atoms with van der Waals surface area (Å²) in [6.07, 6.45) is 4.76. The van der Waals surface area contributed by atoms with Gasteiger partial charge < -0.3 is 15.1 Å². The zero-order valence-electron chi connectivity index (χ0n) is 10.8. The second-order valence-electron chi connectivity index (χ2n) is 4.41. The van der Waals surface area contributed by atoms with E-state index >= 15 is 0 Å². The number of hydrogen-bond acceptors (Lipinski definition) is 3. The largest absolute Gasteiger partial charge is 0.452 e.